The second-order valence-electron chi connectivity index (χ2n) is 4.99. The predicted octanol–water partition coefficient (Wildman–Crippen LogP) is 0.685. The third kappa shape index (κ3) is 2.20. The predicted molar refractivity (Wildman–Crippen MR) is 70.0 cm³/mol. The first-order chi connectivity index (χ1) is 9.90. The highest BCUT2D eigenvalue weighted by molar-refractivity contribution is 5.49. The largest absolute Gasteiger partial charge is 0.486 e. The summed E-state index contributed by atoms with van der Waals surface area (Å²) in [6.45, 7) is 1.84. The molecular formula is C13H15N5O2. The first kappa shape index (κ1) is 11.7. The van der Waals surface area contributed by atoms with Crippen molar-refractivity contribution in [1.29, 1.82) is 0 Å². The molecule has 1 N–H and O–H groups in total. The monoisotopic (exact) mass is 273 g/mol. The molecule has 104 valence electrons. The Morgan fingerprint density at radius 2 is 2.05 bits per heavy atom. The third-order valence-electron chi connectivity index (χ3n) is 3.43. The molecule has 0 unspecified atom stereocenters. The van der Waals surface area contributed by atoms with Gasteiger partial charge in [-0.05, 0) is 35.4 Å². The van der Waals surface area contributed by atoms with Crippen molar-refractivity contribution in [3.63, 3.8) is 0 Å². The zero-order valence-corrected chi connectivity index (χ0v) is 11.0. The standard InChI is InChI=1S/C13H15N5O2/c1-2-9(1)14-8-13-15-16-17-18(13)10-3-4-11-12(7-10)20-6-5-19-11/h3-4,7,9,14H,1-2,5-6,8H2. The Bertz CT molecular complexity index is 623. The van der Waals surface area contributed by atoms with Crippen LogP contribution in [0.25, 0.3) is 5.69 Å². The fourth-order valence-electron chi connectivity index (χ4n) is 2.20. The smallest absolute Gasteiger partial charge is 0.170 e. The lowest BCUT2D eigenvalue weighted by Gasteiger charge is -2.18. The van der Waals surface area contributed by atoms with Crippen LogP contribution in [0.1, 0.15) is 18.7 Å². The van der Waals surface area contributed by atoms with Gasteiger partial charge in [-0.2, -0.15) is 4.68 Å². The summed E-state index contributed by atoms with van der Waals surface area (Å²) in [7, 11) is 0. The van der Waals surface area contributed by atoms with Crippen LogP contribution in [0.15, 0.2) is 18.2 Å². The summed E-state index contributed by atoms with van der Waals surface area (Å²) in [6, 6.07) is 6.36. The van der Waals surface area contributed by atoms with Gasteiger partial charge >= 0.3 is 0 Å². The maximum atomic E-state index is 5.59. The van der Waals surface area contributed by atoms with Crippen molar-refractivity contribution >= 4 is 0 Å². The molecule has 7 heteroatoms. The number of nitrogens with one attached hydrogen (secondary N) is 1. The number of rotatable bonds is 4. The molecule has 1 aromatic heterocycles. The molecule has 0 bridgehead atoms. The molecule has 0 saturated heterocycles. The molecule has 4 rings (SSSR count). The first-order valence-electron chi connectivity index (χ1n) is 6.81. The van der Waals surface area contributed by atoms with Crippen molar-refractivity contribution in [1.82, 2.24) is 25.5 Å². The Hall–Kier alpha value is -2.15. The lowest BCUT2D eigenvalue weighted by atomic mass is 10.2. The molecular weight excluding hydrogens is 258 g/mol. The summed E-state index contributed by atoms with van der Waals surface area (Å²) >= 11 is 0. The number of hydrogen-bond donors (Lipinski definition) is 1. The average Bonchev–Trinajstić information content (AvgIpc) is 3.21. The van der Waals surface area contributed by atoms with E-state index in [0.29, 0.717) is 25.8 Å². The van der Waals surface area contributed by atoms with E-state index in [4.69, 9.17) is 9.47 Å². The first-order valence-corrected chi connectivity index (χ1v) is 6.81. The number of tetrazole rings is 1. The van der Waals surface area contributed by atoms with Crippen LogP contribution in [0, 0.1) is 0 Å². The van der Waals surface area contributed by atoms with Gasteiger partial charge in [0.1, 0.15) is 13.2 Å². The summed E-state index contributed by atoms with van der Waals surface area (Å²) in [4.78, 5) is 0. The normalized spacial score (nSPS) is 17.2. The molecule has 0 atom stereocenters. The summed E-state index contributed by atoms with van der Waals surface area (Å²) in [5, 5.41) is 15.3. The van der Waals surface area contributed by atoms with Crippen LogP contribution in [0.3, 0.4) is 0 Å². The van der Waals surface area contributed by atoms with Gasteiger partial charge in [0.15, 0.2) is 17.3 Å². The Labute approximate surface area is 115 Å². The highest BCUT2D eigenvalue weighted by Crippen LogP contribution is 2.32. The molecule has 20 heavy (non-hydrogen) atoms. The van der Waals surface area contributed by atoms with Gasteiger partial charge in [-0.3, -0.25) is 0 Å². The van der Waals surface area contributed by atoms with Gasteiger partial charge in [-0.25, -0.2) is 0 Å². The van der Waals surface area contributed by atoms with Gasteiger partial charge in [0, 0.05) is 12.1 Å². The van der Waals surface area contributed by atoms with E-state index in [2.05, 4.69) is 20.8 Å². The minimum Gasteiger partial charge on any atom is -0.486 e. The van der Waals surface area contributed by atoms with E-state index in [1.54, 1.807) is 4.68 Å². The summed E-state index contributed by atoms with van der Waals surface area (Å²) in [5.41, 5.74) is 0.881. The highest BCUT2D eigenvalue weighted by atomic mass is 16.6. The summed E-state index contributed by atoms with van der Waals surface area (Å²) < 4.78 is 12.8. The fourth-order valence-corrected chi connectivity index (χ4v) is 2.20. The van der Waals surface area contributed by atoms with Crippen LogP contribution in [-0.2, 0) is 6.54 Å². The van der Waals surface area contributed by atoms with Crippen LogP contribution >= 0.6 is 0 Å². The van der Waals surface area contributed by atoms with Gasteiger partial charge in [0.05, 0.1) is 12.2 Å². The maximum Gasteiger partial charge on any atom is 0.170 e. The Kier molecular flexibility index (Phi) is 2.77. The third-order valence-corrected chi connectivity index (χ3v) is 3.43. The van der Waals surface area contributed by atoms with E-state index in [-0.39, 0.29) is 0 Å². The molecule has 0 amide bonds. The molecule has 2 aromatic rings. The van der Waals surface area contributed by atoms with Crippen molar-refractivity contribution in [2.45, 2.75) is 25.4 Å². The average molecular weight is 273 g/mol. The fraction of sp³-hybridized carbons (Fsp3) is 0.462. The molecule has 0 spiro atoms. The molecule has 2 aliphatic rings. The summed E-state index contributed by atoms with van der Waals surface area (Å²) in [5.74, 6) is 2.31. The van der Waals surface area contributed by atoms with Crippen LogP contribution in [0.5, 0.6) is 11.5 Å². The molecule has 7 nitrogen and oxygen atoms in total. The molecule has 1 aliphatic carbocycles. The maximum absolute atomic E-state index is 5.59. The van der Waals surface area contributed by atoms with Gasteiger partial charge in [0.25, 0.3) is 0 Å². The highest BCUT2D eigenvalue weighted by Gasteiger charge is 2.22. The number of aromatic nitrogens is 4. The number of fused-ring (bicyclic) bond motifs is 1. The van der Waals surface area contributed by atoms with E-state index < -0.39 is 0 Å². The number of hydrogen-bond acceptors (Lipinski definition) is 6. The topological polar surface area (TPSA) is 74.1 Å². The number of nitrogens with zero attached hydrogens (tertiary/aromatic N) is 4. The van der Waals surface area contributed by atoms with E-state index >= 15 is 0 Å². The molecule has 1 aliphatic heterocycles. The second-order valence-corrected chi connectivity index (χ2v) is 4.99. The SMILES string of the molecule is c1cc2c(cc1-n1nnnc1CNC1CC1)OCCO2. The van der Waals surface area contributed by atoms with Crippen molar-refractivity contribution in [3.05, 3.63) is 24.0 Å². The van der Waals surface area contributed by atoms with Crippen molar-refractivity contribution in [3.8, 4) is 17.2 Å². The van der Waals surface area contributed by atoms with E-state index in [1.165, 1.54) is 12.8 Å². The van der Waals surface area contributed by atoms with Gasteiger partial charge in [0.2, 0.25) is 0 Å². The van der Waals surface area contributed by atoms with Gasteiger partial charge in [-0.1, -0.05) is 0 Å². The molecule has 1 fully saturated rings. The Balaban J connectivity index is 1.61. The van der Waals surface area contributed by atoms with Crippen LogP contribution in [0.2, 0.25) is 0 Å². The minimum absolute atomic E-state index is 0.572. The van der Waals surface area contributed by atoms with Gasteiger partial charge < -0.3 is 14.8 Å². The zero-order chi connectivity index (χ0) is 13.4. The summed E-state index contributed by atoms with van der Waals surface area (Å²) in [6.07, 6.45) is 2.48. The number of ether oxygens (including phenoxy) is 2. The van der Waals surface area contributed by atoms with Gasteiger partial charge in [-0.15, -0.1) is 5.10 Å². The van der Waals surface area contributed by atoms with E-state index in [9.17, 15) is 0 Å². The van der Waals surface area contributed by atoms with Crippen LogP contribution in [0.4, 0.5) is 0 Å². The Morgan fingerprint density at radius 1 is 1.20 bits per heavy atom. The van der Waals surface area contributed by atoms with Crippen LogP contribution in [-0.4, -0.2) is 39.5 Å². The zero-order valence-electron chi connectivity index (χ0n) is 11.0. The van der Waals surface area contributed by atoms with Crippen LogP contribution < -0.4 is 14.8 Å². The Morgan fingerprint density at radius 3 is 2.90 bits per heavy atom. The molecule has 1 saturated carbocycles. The van der Waals surface area contributed by atoms with Crippen molar-refractivity contribution in [2.24, 2.45) is 0 Å². The number of benzene rings is 1. The molecule has 1 aromatic carbocycles. The van der Waals surface area contributed by atoms with E-state index in [0.717, 1.165) is 23.0 Å². The quantitative estimate of drug-likeness (QED) is 0.883. The van der Waals surface area contributed by atoms with E-state index in [1.807, 2.05) is 18.2 Å². The minimum atomic E-state index is 0.572. The molecule has 2 heterocycles. The molecule has 0 radical (unpaired) electrons. The van der Waals surface area contributed by atoms with Crippen molar-refractivity contribution in [2.75, 3.05) is 13.2 Å². The lowest BCUT2D eigenvalue weighted by Crippen LogP contribution is -2.19. The second kappa shape index (κ2) is 4.75. The van der Waals surface area contributed by atoms with Crippen molar-refractivity contribution < 1.29 is 9.47 Å². The lowest BCUT2D eigenvalue weighted by molar-refractivity contribution is 0.171.